The molecule has 1 rings (SSSR count). The van der Waals surface area contributed by atoms with Crippen LogP contribution in [0.15, 0.2) is 0 Å². The lowest BCUT2D eigenvalue weighted by Crippen LogP contribution is -2.48. The van der Waals surface area contributed by atoms with Gasteiger partial charge >= 0.3 is 0 Å². The molecule has 1 aliphatic carbocycles. The first kappa shape index (κ1) is 9.52. The van der Waals surface area contributed by atoms with Gasteiger partial charge in [-0.05, 0) is 25.2 Å². The maximum absolute atomic E-state index is 7.48. The number of ether oxygens (including phenoxy) is 1. The topological polar surface area (TPSA) is 59.1 Å². The molecule has 0 amide bonds. The molecule has 0 radical (unpaired) electrons. The van der Waals surface area contributed by atoms with E-state index in [-0.39, 0.29) is 5.84 Å². The highest BCUT2D eigenvalue weighted by Crippen LogP contribution is 2.34. The Morgan fingerprint density at radius 2 is 2.33 bits per heavy atom. The molecule has 3 nitrogen and oxygen atoms in total. The van der Waals surface area contributed by atoms with E-state index in [0.29, 0.717) is 5.92 Å². The zero-order valence-electron chi connectivity index (χ0n) is 7.89. The maximum atomic E-state index is 7.48. The Hall–Kier alpha value is -0.570. The Bertz CT molecular complexity index is 181. The van der Waals surface area contributed by atoms with E-state index in [1.807, 2.05) is 0 Å². The first-order chi connectivity index (χ1) is 5.60. The molecule has 1 fully saturated rings. The molecular formula is C9H18N2O. The van der Waals surface area contributed by atoms with Gasteiger partial charge in [0, 0.05) is 7.11 Å². The van der Waals surface area contributed by atoms with E-state index in [1.54, 1.807) is 7.11 Å². The molecule has 1 saturated carbocycles. The highest BCUT2D eigenvalue weighted by atomic mass is 16.5. The van der Waals surface area contributed by atoms with Crippen molar-refractivity contribution >= 4 is 5.84 Å². The fraction of sp³-hybridized carbons (Fsp3) is 0.889. The number of amidine groups is 1. The summed E-state index contributed by atoms with van der Waals surface area (Å²) in [6.07, 6.45) is 4.16. The summed E-state index contributed by atoms with van der Waals surface area (Å²) in [7, 11) is 1.65. The Kier molecular flexibility index (Phi) is 2.73. The second-order valence-electron chi connectivity index (χ2n) is 3.81. The molecule has 70 valence electrons. The summed E-state index contributed by atoms with van der Waals surface area (Å²) in [6.45, 7) is 2.19. The first-order valence-electron chi connectivity index (χ1n) is 4.50. The molecular weight excluding hydrogens is 152 g/mol. The van der Waals surface area contributed by atoms with Gasteiger partial charge in [0.2, 0.25) is 0 Å². The molecule has 2 atom stereocenters. The summed E-state index contributed by atoms with van der Waals surface area (Å²) >= 11 is 0. The van der Waals surface area contributed by atoms with Gasteiger partial charge in [-0.15, -0.1) is 0 Å². The van der Waals surface area contributed by atoms with E-state index in [1.165, 1.54) is 6.42 Å². The standard InChI is InChI=1S/C9H18N2O/c1-7-4-3-5-9(6-7,12-2)8(10)11/h7H,3-6H2,1-2H3,(H3,10,11). The van der Waals surface area contributed by atoms with Gasteiger partial charge in [0.25, 0.3) is 0 Å². The Balaban J connectivity index is 2.71. The summed E-state index contributed by atoms with van der Waals surface area (Å²) in [5, 5.41) is 7.48. The molecule has 0 aromatic heterocycles. The fourth-order valence-electron chi connectivity index (χ4n) is 2.04. The third kappa shape index (κ3) is 1.61. The molecule has 0 aromatic carbocycles. The predicted octanol–water partition coefficient (Wildman–Crippen LogP) is 1.52. The van der Waals surface area contributed by atoms with E-state index in [0.717, 1.165) is 19.3 Å². The minimum atomic E-state index is -0.447. The first-order valence-corrected chi connectivity index (χ1v) is 4.50. The molecule has 0 heterocycles. The number of rotatable bonds is 2. The van der Waals surface area contributed by atoms with Gasteiger partial charge in [0.15, 0.2) is 0 Å². The van der Waals surface area contributed by atoms with Crippen molar-refractivity contribution in [2.75, 3.05) is 7.11 Å². The van der Waals surface area contributed by atoms with Gasteiger partial charge in [0.1, 0.15) is 11.4 Å². The van der Waals surface area contributed by atoms with Gasteiger partial charge in [-0.25, -0.2) is 0 Å². The van der Waals surface area contributed by atoms with Gasteiger partial charge in [-0.1, -0.05) is 13.3 Å². The van der Waals surface area contributed by atoms with Crippen LogP contribution in [0.25, 0.3) is 0 Å². The summed E-state index contributed by atoms with van der Waals surface area (Å²) in [4.78, 5) is 0. The van der Waals surface area contributed by atoms with Crippen LogP contribution in [0.5, 0.6) is 0 Å². The molecule has 3 N–H and O–H groups in total. The molecule has 0 aliphatic heterocycles. The smallest absolute Gasteiger partial charge is 0.124 e. The van der Waals surface area contributed by atoms with Crippen LogP contribution >= 0.6 is 0 Å². The third-order valence-electron chi connectivity index (χ3n) is 2.84. The van der Waals surface area contributed by atoms with E-state index >= 15 is 0 Å². The van der Waals surface area contributed by atoms with E-state index in [4.69, 9.17) is 15.9 Å². The lowest BCUT2D eigenvalue weighted by molar-refractivity contribution is 0.00247. The number of nitrogens with one attached hydrogen (secondary N) is 1. The van der Waals surface area contributed by atoms with Crippen molar-refractivity contribution < 1.29 is 4.74 Å². The van der Waals surface area contributed by atoms with Crippen LogP contribution < -0.4 is 5.73 Å². The second kappa shape index (κ2) is 3.44. The van der Waals surface area contributed by atoms with Crippen LogP contribution in [0.2, 0.25) is 0 Å². The number of methoxy groups -OCH3 is 1. The van der Waals surface area contributed by atoms with Crippen LogP contribution in [0.4, 0.5) is 0 Å². The Morgan fingerprint density at radius 1 is 1.67 bits per heavy atom. The number of nitrogens with two attached hydrogens (primary N) is 1. The van der Waals surface area contributed by atoms with E-state index in [9.17, 15) is 0 Å². The van der Waals surface area contributed by atoms with Crippen molar-refractivity contribution in [2.24, 2.45) is 11.7 Å². The highest BCUT2D eigenvalue weighted by molar-refractivity contribution is 5.86. The normalized spacial score (nSPS) is 36.3. The van der Waals surface area contributed by atoms with E-state index in [2.05, 4.69) is 6.92 Å². The zero-order chi connectivity index (χ0) is 9.19. The summed E-state index contributed by atoms with van der Waals surface area (Å²) in [5.74, 6) is 0.819. The number of hydrogen-bond donors (Lipinski definition) is 2. The lowest BCUT2D eigenvalue weighted by atomic mass is 9.78. The summed E-state index contributed by atoms with van der Waals surface area (Å²) in [6, 6.07) is 0. The molecule has 0 aromatic rings. The van der Waals surface area contributed by atoms with Crippen molar-refractivity contribution in [2.45, 2.75) is 38.2 Å². The number of hydrogen-bond acceptors (Lipinski definition) is 2. The SMILES string of the molecule is COC1(C(=N)N)CCCC(C)C1. The van der Waals surface area contributed by atoms with E-state index < -0.39 is 5.60 Å². The Morgan fingerprint density at radius 3 is 2.67 bits per heavy atom. The van der Waals surface area contributed by atoms with Crippen LogP contribution in [-0.4, -0.2) is 18.5 Å². The van der Waals surface area contributed by atoms with Crippen molar-refractivity contribution in [3.8, 4) is 0 Å². The van der Waals surface area contributed by atoms with Crippen LogP contribution in [0.3, 0.4) is 0 Å². The Labute approximate surface area is 73.8 Å². The molecule has 1 aliphatic rings. The minimum Gasteiger partial charge on any atom is -0.385 e. The van der Waals surface area contributed by atoms with Crippen molar-refractivity contribution in [3.63, 3.8) is 0 Å². The molecule has 3 heteroatoms. The zero-order valence-corrected chi connectivity index (χ0v) is 7.89. The van der Waals surface area contributed by atoms with Crippen molar-refractivity contribution in [1.82, 2.24) is 0 Å². The van der Waals surface area contributed by atoms with Crippen LogP contribution in [0.1, 0.15) is 32.6 Å². The molecule has 0 saturated heterocycles. The van der Waals surface area contributed by atoms with Crippen molar-refractivity contribution in [1.29, 1.82) is 5.41 Å². The lowest BCUT2D eigenvalue weighted by Gasteiger charge is -2.37. The van der Waals surface area contributed by atoms with Crippen LogP contribution in [-0.2, 0) is 4.74 Å². The monoisotopic (exact) mass is 170 g/mol. The maximum Gasteiger partial charge on any atom is 0.124 e. The second-order valence-corrected chi connectivity index (χ2v) is 3.81. The fourth-order valence-corrected chi connectivity index (χ4v) is 2.04. The van der Waals surface area contributed by atoms with Gasteiger partial charge < -0.3 is 10.5 Å². The average molecular weight is 170 g/mol. The minimum absolute atomic E-state index is 0.191. The highest BCUT2D eigenvalue weighted by Gasteiger charge is 2.37. The molecule has 12 heavy (non-hydrogen) atoms. The molecule has 2 unspecified atom stereocenters. The third-order valence-corrected chi connectivity index (χ3v) is 2.84. The summed E-state index contributed by atoms with van der Waals surface area (Å²) in [5.41, 5.74) is 5.09. The van der Waals surface area contributed by atoms with Gasteiger partial charge in [-0.3, -0.25) is 5.41 Å². The molecule has 0 spiro atoms. The molecule has 0 bridgehead atoms. The van der Waals surface area contributed by atoms with Gasteiger partial charge in [0.05, 0.1) is 0 Å². The van der Waals surface area contributed by atoms with Crippen LogP contribution in [0, 0.1) is 11.3 Å². The predicted molar refractivity (Wildman–Crippen MR) is 49.3 cm³/mol. The average Bonchev–Trinajstić information content (AvgIpc) is 2.04. The van der Waals surface area contributed by atoms with Crippen molar-refractivity contribution in [3.05, 3.63) is 0 Å². The largest absolute Gasteiger partial charge is 0.385 e. The quantitative estimate of drug-likeness (QED) is 0.487. The van der Waals surface area contributed by atoms with Gasteiger partial charge in [-0.2, -0.15) is 0 Å². The summed E-state index contributed by atoms with van der Waals surface area (Å²) < 4.78 is 5.36.